The number of amides is 1. The van der Waals surface area contributed by atoms with E-state index in [9.17, 15) is 14.7 Å². The normalized spacial score (nSPS) is 20.8. The van der Waals surface area contributed by atoms with Crippen molar-refractivity contribution in [3.8, 4) is 5.88 Å². The molecule has 0 spiro atoms. The van der Waals surface area contributed by atoms with Crippen molar-refractivity contribution in [3.63, 3.8) is 0 Å². The maximum atomic E-state index is 12.6. The smallest absolute Gasteiger partial charge is 0.306 e. The van der Waals surface area contributed by atoms with E-state index in [-0.39, 0.29) is 17.9 Å². The van der Waals surface area contributed by atoms with Gasteiger partial charge in [-0.25, -0.2) is 4.98 Å². The highest BCUT2D eigenvalue weighted by Gasteiger charge is 2.40. The number of carboxylic acids is 1. The molecule has 1 aliphatic heterocycles. The second kappa shape index (κ2) is 10.9. The summed E-state index contributed by atoms with van der Waals surface area (Å²) in [6.07, 6.45) is 9.79. The van der Waals surface area contributed by atoms with Gasteiger partial charge in [0.2, 0.25) is 11.8 Å². The highest BCUT2D eigenvalue weighted by Crippen LogP contribution is 2.44. The van der Waals surface area contributed by atoms with Crippen LogP contribution >= 0.6 is 11.6 Å². The maximum absolute atomic E-state index is 12.6. The van der Waals surface area contributed by atoms with E-state index in [0.29, 0.717) is 48.5 Å². The van der Waals surface area contributed by atoms with Gasteiger partial charge in [-0.3, -0.25) is 9.59 Å². The Morgan fingerprint density at radius 1 is 1.22 bits per heavy atom. The third-order valence-electron chi connectivity index (χ3n) is 7.94. The van der Waals surface area contributed by atoms with Crippen molar-refractivity contribution in [2.45, 2.75) is 82.7 Å². The SMILES string of the molecule is CCC(CCc1ccc(/C(=C\[C@H]2CCC(=O)N2C2CC2)c2ccc(C3CC3)c(OC)n2)cc1Cl)C(=O)O. The number of halogens is 1. The fourth-order valence-corrected chi connectivity index (χ4v) is 5.73. The molecule has 37 heavy (non-hydrogen) atoms. The Morgan fingerprint density at radius 2 is 2.00 bits per heavy atom. The molecule has 1 aromatic carbocycles. The van der Waals surface area contributed by atoms with Crippen LogP contribution in [0, 0.1) is 5.92 Å². The van der Waals surface area contributed by atoms with Crippen LogP contribution in [0.5, 0.6) is 5.88 Å². The molecule has 0 bridgehead atoms. The Morgan fingerprint density at radius 3 is 2.62 bits per heavy atom. The van der Waals surface area contributed by atoms with E-state index in [1.807, 2.05) is 25.1 Å². The fraction of sp³-hybridized carbons (Fsp3) is 0.500. The number of aromatic nitrogens is 1. The lowest BCUT2D eigenvalue weighted by molar-refractivity contribution is -0.142. The van der Waals surface area contributed by atoms with Crippen LogP contribution in [-0.4, -0.2) is 46.1 Å². The third-order valence-corrected chi connectivity index (χ3v) is 8.29. The Hall–Kier alpha value is -2.86. The number of carbonyl (C=O) groups is 2. The van der Waals surface area contributed by atoms with E-state index in [1.54, 1.807) is 7.11 Å². The summed E-state index contributed by atoms with van der Waals surface area (Å²) in [5.74, 6) is 0.278. The van der Waals surface area contributed by atoms with Crippen LogP contribution in [0.4, 0.5) is 0 Å². The topological polar surface area (TPSA) is 79.7 Å². The molecule has 196 valence electrons. The predicted octanol–water partition coefficient (Wildman–Crippen LogP) is 6.25. The standard InChI is InChI=1S/C30H35ClN2O4/c1-3-18(30(35)36)4-7-20-8-9-21(16-26(20)31)25(17-23-12-15-28(34)33(23)22-10-11-22)27-14-13-24(19-5-6-19)29(32-27)37-2/h8-9,13-14,16-19,22-23H,3-7,10-12,15H2,1-2H3,(H,35,36)/b25-17+/t18?,23-/m1/s1. The first-order valence-electron chi connectivity index (χ1n) is 13.5. The zero-order chi connectivity index (χ0) is 26.1. The molecule has 3 fully saturated rings. The van der Waals surface area contributed by atoms with Crippen LogP contribution in [0.15, 0.2) is 36.4 Å². The fourth-order valence-electron chi connectivity index (χ4n) is 5.46. The summed E-state index contributed by atoms with van der Waals surface area (Å²) in [6, 6.07) is 10.5. The van der Waals surface area contributed by atoms with Crippen LogP contribution in [-0.2, 0) is 16.0 Å². The van der Waals surface area contributed by atoms with Crippen LogP contribution < -0.4 is 4.74 Å². The maximum Gasteiger partial charge on any atom is 0.306 e. The molecule has 6 nitrogen and oxygen atoms in total. The predicted molar refractivity (Wildman–Crippen MR) is 144 cm³/mol. The van der Waals surface area contributed by atoms with Crippen molar-refractivity contribution in [2.75, 3.05) is 7.11 Å². The number of benzene rings is 1. The van der Waals surface area contributed by atoms with Crippen molar-refractivity contribution in [1.82, 2.24) is 9.88 Å². The van der Waals surface area contributed by atoms with E-state index in [4.69, 9.17) is 21.3 Å². The average molecular weight is 523 g/mol. The highest BCUT2D eigenvalue weighted by molar-refractivity contribution is 6.31. The van der Waals surface area contributed by atoms with E-state index >= 15 is 0 Å². The van der Waals surface area contributed by atoms with Gasteiger partial charge in [-0.1, -0.05) is 42.8 Å². The van der Waals surface area contributed by atoms with Crippen molar-refractivity contribution in [2.24, 2.45) is 5.92 Å². The Balaban J connectivity index is 1.49. The first-order valence-corrected chi connectivity index (χ1v) is 13.9. The van der Waals surface area contributed by atoms with Crippen molar-refractivity contribution in [1.29, 1.82) is 0 Å². The lowest BCUT2D eigenvalue weighted by Crippen LogP contribution is -2.34. The minimum absolute atomic E-state index is 0.0326. The summed E-state index contributed by atoms with van der Waals surface area (Å²) in [5.41, 5.74) is 4.77. The molecule has 5 rings (SSSR count). The number of methoxy groups -OCH3 is 1. The zero-order valence-electron chi connectivity index (χ0n) is 21.6. The van der Waals surface area contributed by atoms with Gasteiger partial charge in [0.1, 0.15) is 0 Å². The Bertz CT molecular complexity index is 1220. The number of hydrogen-bond donors (Lipinski definition) is 1. The van der Waals surface area contributed by atoms with Gasteiger partial charge >= 0.3 is 5.97 Å². The second-order valence-electron chi connectivity index (χ2n) is 10.6. The van der Waals surface area contributed by atoms with Gasteiger partial charge in [-0.2, -0.15) is 0 Å². The molecular formula is C30H35ClN2O4. The molecule has 1 unspecified atom stereocenters. The number of pyridine rings is 1. The number of aryl methyl sites for hydroxylation is 1. The largest absolute Gasteiger partial charge is 0.481 e. The molecular weight excluding hydrogens is 488 g/mol. The monoisotopic (exact) mass is 522 g/mol. The van der Waals surface area contributed by atoms with Crippen molar-refractivity contribution < 1.29 is 19.4 Å². The number of carbonyl (C=O) groups excluding carboxylic acids is 1. The van der Waals surface area contributed by atoms with Crippen LogP contribution in [0.2, 0.25) is 5.02 Å². The molecule has 1 aromatic heterocycles. The molecule has 2 heterocycles. The van der Waals surface area contributed by atoms with Crippen LogP contribution in [0.1, 0.15) is 86.6 Å². The van der Waals surface area contributed by atoms with Gasteiger partial charge in [0.25, 0.3) is 0 Å². The minimum atomic E-state index is -0.763. The number of likely N-dealkylation sites (tertiary alicyclic amines) is 1. The summed E-state index contributed by atoms with van der Waals surface area (Å²) in [7, 11) is 1.66. The Labute approximate surface area is 223 Å². The zero-order valence-corrected chi connectivity index (χ0v) is 22.3. The van der Waals surface area contributed by atoms with Gasteiger partial charge in [0.15, 0.2) is 0 Å². The highest BCUT2D eigenvalue weighted by atomic mass is 35.5. The summed E-state index contributed by atoms with van der Waals surface area (Å²) in [5, 5.41) is 10.0. The Kier molecular flexibility index (Phi) is 7.57. The number of carboxylic acid groups (broad SMARTS) is 1. The van der Waals surface area contributed by atoms with Gasteiger partial charge in [-0.15, -0.1) is 0 Å². The molecule has 2 aliphatic carbocycles. The molecule has 3 aliphatic rings. The number of hydrogen-bond acceptors (Lipinski definition) is 4. The molecule has 2 atom stereocenters. The molecule has 1 N–H and O–H groups in total. The van der Waals surface area contributed by atoms with Gasteiger partial charge in [0.05, 0.1) is 24.8 Å². The number of nitrogens with zero attached hydrogens (tertiary/aromatic N) is 2. The summed E-state index contributed by atoms with van der Waals surface area (Å²) in [4.78, 5) is 31.1. The van der Waals surface area contributed by atoms with E-state index in [0.717, 1.165) is 47.2 Å². The van der Waals surface area contributed by atoms with Gasteiger partial charge in [-0.05, 0) is 80.5 Å². The van der Waals surface area contributed by atoms with Crippen LogP contribution in [0.25, 0.3) is 5.57 Å². The average Bonchev–Trinajstić information content (AvgIpc) is 3.82. The molecule has 2 saturated carbocycles. The van der Waals surface area contributed by atoms with Crippen molar-refractivity contribution >= 4 is 29.1 Å². The van der Waals surface area contributed by atoms with Crippen LogP contribution in [0.3, 0.4) is 0 Å². The summed E-state index contributed by atoms with van der Waals surface area (Å²) >= 11 is 6.75. The molecule has 7 heteroatoms. The molecule has 1 amide bonds. The minimum Gasteiger partial charge on any atom is -0.481 e. The van der Waals surface area contributed by atoms with Gasteiger partial charge in [0, 0.05) is 28.6 Å². The second-order valence-corrected chi connectivity index (χ2v) is 11.0. The number of ether oxygens (including phenoxy) is 1. The first kappa shape index (κ1) is 25.8. The van der Waals surface area contributed by atoms with Crippen molar-refractivity contribution in [3.05, 3.63) is 63.8 Å². The summed E-state index contributed by atoms with van der Waals surface area (Å²) < 4.78 is 5.68. The number of rotatable bonds is 11. The molecule has 2 aromatic rings. The lowest BCUT2D eigenvalue weighted by Gasteiger charge is -2.23. The van der Waals surface area contributed by atoms with E-state index < -0.39 is 5.97 Å². The van der Waals surface area contributed by atoms with Gasteiger partial charge < -0.3 is 14.7 Å². The third kappa shape index (κ3) is 5.69. The van der Waals surface area contributed by atoms with E-state index in [1.165, 1.54) is 12.8 Å². The number of aliphatic carboxylic acids is 1. The first-order chi connectivity index (χ1) is 17.9. The quantitative estimate of drug-likeness (QED) is 0.377. The van der Waals surface area contributed by atoms with E-state index in [2.05, 4.69) is 23.1 Å². The molecule has 0 radical (unpaired) electrons. The molecule has 1 saturated heterocycles. The summed E-state index contributed by atoms with van der Waals surface area (Å²) in [6.45, 7) is 1.90. The lowest BCUT2D eigenvalue weighted by atomic mass is 9.94.